The third-order valence-electron chi connectivity index (χ3n) is 2.20. The monoisotopic (exact) mass is 247 g/mol. The number of hydrogen-bond donors (Lipinski definition) is 0. The van der Waals surface area contributed by atoms with Gasteiger partial charge in [0.05, 0.1) is 0 Å². The predicted octanol–water partition coefficient (Wildman–Crippen LogP) is 3.41. The third kappa shape index (κ3) is 1.56. The van der Waals surface area contributed by atoms with E-state index in [-0.39, 0.29) is 0 Å². The molecule has 0 saturated heterocycles. The van der Waals surface area contributed by atoms with Crippen molar-refractivity contribution in [1.82, 2.24) is 15.0 Å². The summed E-state index contributed by atoms with van der Waals surface area (Å²) in [5, 5.41) is 3.35. The summed E-state index contributed by atoms with van der Waals surface area (Å²) in [6.07, 6.45) is 3.44. The summed E-state index contributed by atoms with van der Waals surface area (Å²) in [6.45, 7) is 0. The van der Waals surface area contributed by atoms with E-state index >= 15 is 0 Å². The second kappa shape index (κ2) is 3.81. The van der Waals surface area contributed by atoms with Gasteiger partial charge in [-0.05, 0) is 23.6 Å². The van der Waals surface area contributed by atoms with Crippen LogP contribution in [0.3, 0.4) is 0 Å². The molecule has 0 fully saturated rings. The van der Waals surface area contributed by atoms with Crippen LogP contribution in [0.25, 0.3) is 21.6 Å². The van der Waals surface area contributed by atoms with Crippen molar-refractivity contribution >= 4 is 33.2 Å². The Labute approximate surface area is 101 Å². The maximum absolute atomic E-state index is 6.09. The van der Waals surface area contributed by atoms with Crippen molar-refractivity contribution in [2.45, 2.75) is 0 Å². The predicted molar refractivity (Wildman–Crippen MR) is 65.7 cm³/mol. The van der Waals surface area contributed by atoms with Crippen LogP contribution in [0, 0.1) is 0 Å². The Morgan fingerprint density at radius 1 is 1.19 bits per heavy atom. The zero-order valence-corrected chi connectivity index (χ0v) is 9.66. The first kappa shape index (κ1) is 9.69. The quantitative estimate of drug-likeness (QED) is 0.619. The molecule has 5 heteroatoms. The van der Waals surface area contributed by atoms with Gasteiger partial charge in [-0.1, -0.05) is 11.6 Å². The molecule has 0 unspecified atom stereocenters. The van der Waals surface area contributed by atoms with Crippen LogP contribution in [0.2, 0.25) is 5.15 Å². The van der Waals surface area contributed by atoms with Crippen molar-refractivity contribution < 1.29 is 0 Å². The first-order valence-corrected chi connectivity index (χ1v) is 5.91. The Morgan fingerprint density at radius 2 is 2.12 bits per heavy atom. The Hall–Kier alpha value is -1.52. The molecule has 0 spiro atoms. The van der Waals surface area contributed by atoms with Gasteiger partial charge in [-0.15, -0.1) is 11.3 Å². The summed E-state index contributed by atoms with van der Waals surface area (Å²) in [7, 11) is 0. The average Bonchev–Trinajstić information content (AvgIpc) is 2.79. The summed E-state index contributed by atoms with van der Waals surface area (Å²) >= 11 is 7.64. The highest BCUT2D eigenvalue weighted by molar-refractivity contribution is 7.16. The molecular formula is C11H6ClN3S. The van der Waals surface area contributed by atoms with E-state index in [2.05, 4.69) is 15.0 Å². The molecule has 3 nitrogen and oxygen atoms in total. The molecule has 0 atom stereocenters. The minimum atomic E-state index is 0.491. The Kier molecular flexibility index (Phi) is 2.31. The van der Waals surface area contributed by atoms with Gasteiger partial charge in [0.1, 0.15) is 9.98 Å². The molecule has 0 aliphatic heterocycles. The van der Waals surface area contributed by atoms with Gasteiger partial charge in [-0.2, -0.15) is 0 Å². The first-order chi connectivity index (χ1) is 7.84. The zero-order valence-electron chi connectivity index (χ0n) is 8.09. The number of rotatable bonds is 1. The molecule has 3 rings (SSSR count). The van der Waals surface area contributed by atoms with Crippen LogP contribution in [-0.2, 0) is 0 Å². The highest BCUT2D eigenvalue weighted by atomic mass is 35.5. The second-order valence-electron chi connectivity index (χ2n) is 3.22. The van der Waals surface area contributed by atoms with Crippen LogP contribution < -0.4 is 0 Å². The lowest BCUT2D eigenvalue weighted by Gasteiger charge is -2.00. The molecule has 0 bridgehead atoms. The summed E-state index contributed by atoms with van der Waals surface area (Å²) in [6, 6.07) is 5.69. The number of nitrogens with zero attached hydrogens (tertiary/aromatic N) is 3. The number of fused-ring (bicyclic) bond motifs is 1. The van der Waals surface area contributed by atoms with Gasteiger partial charge in [0.15, 0.2) is 5.82 Å². The van der Waals surface area contributed by atoms with E-state index in [4.69, 9.17) is 11.6 Å². The third-order valence-corrected chi connectivity index (χ3v) is 3.29. The van der Waals surface area contributed by atoms with Crippen molar-refractivity contribution in [3.8, 4) is 11.4 Å². The number of halogens is 1. The van der Waals surface area contributed by atoms with Gasteiger partial charge in [-0.3, -0.25) is 4.98 Å². The highest BCUT2D eigenvalue weighted by Crippen LogP contribution is 2.27. The van der Waals surface area contributed by atoms with Crippen molar-refractivity contribution in [3.63, 3.8) is 0 Å². The SMILES string of the molecule is Clc1nc(-c2cccnc2)nc2sccc12. The summed E-state index contributed by atoms with van der Waals surface area (Å²) in [5.74, 6) is 0.619. The number of aromatic nitrogens is 3. The van der Waals surface area contributed by atoms with E-state index in [1.807, 2.05) is 23.6 Å². The molecule has 0 amide bonds. The molecule has 0 aromatic carbocycles. The Morgan fingerprint density at radius 3 is 2.94 bits per heavy atom. The largest absolute Gasteiger partial charge is 0.264 e. The highest BCUT2D eigenvalue weighted by Gasteiger charge is 2.08. The van der Waals surface area contributed by atoms with Gasteiger partial charge in [0.2, 0.25) is 0 Å². The maximum atomic E-state index is 6.09. The lowest BCUT2D eigenvalue weighted by molar-refractivity contribution is 1.21. The van der Waals surface area contributed by atoms with Gasteiger partial charge in [-0.25, -0.2) is 9.97 Å². The Bertz CT molecular complexity index is 636. The number of thiophene rings is 1. The second-order valence-corrected chi connectivity index (χ2v) is 4.47. The number of hydrogen-bond acceptors (Lipinski definition) is 4. The van der Waals surface area contributed by atoms with Gasteiger partial charge in [0.25, 0.3) is 0 Å². The van der Waals surface area contributed by atoms with Crippen molar-refractivity contribution in [2.24, 2.45) is 0 Å². The van der Waals surface area contributed by atoms with Crippen LogP contribution in [0.1, 0.15) is 0 Å². The average molecular weight is 248 g/mol. The van der Waals surface area contributed by atoms with Crippen molar-refractivity contribution in [3.05, 3.63) is 41.1 Å². The number of pyridine rings is 1. The molecular weight excluding hydrogens is 242 g/mol. The molecule has 0 aliphatic carbocycles. The molecule has 78 valence electrons. The Balaban J connectivity index is 2.25. The van der Waals surface area contributed by atoms with E-state index in [0.717, 1.165) is 15.8 Å². The molecule has 16 heavy (non-hydrogen) atoms. The summed E-state index contributed by atoms with van der Waals surface area (Å²) in [5.41, 5.74) is 0.875. The first-order valence-electron chi connectivity index (χ1n) is 4.66. The molecule has 0 N–H and O–H groups in total. The van der Waals surface area contributed by atoms with Crippen LogP contribution in [0.4, 0.5) is 0 Å². The van der Waals surface area contributed by atoms with Crippen LogP contribution in [0.5, 0.6) is 0 Å². The normalized spacial score (nSPS) is 10.8. The molecule has 3 aromatic rings. The van der Waals surface area contributed by atoms with E-state index in [0.29, 0.717) is 11.0 Å². The lowest BCUT2D eigenvalue weighted by atomic mass is 10.2. The summed E-state index contributed by atoms with van der Waals surface area (Å²) in [4.78, 5) is 13.7. The maximum Gasteiger partial charge on any atom is 0.164 e. The minimum Gasteiger partial charge on any atom is -0.264 e. The van der Waals surface area contributed by atoms with Gasteiger partial charge < -0.3 is 0 Å². The molecule has 0 aliphatic rings. The molecule has 0 radical (unpaired) electrons. The molecule has 0 saturated carbocycles. The minimum absolute atomic E-state index is 0.491. The van der Waals surface area contributed by atoms with E-state index in [9.17, 15) is 0 Å². The standard InChI is InChI=1S/C11H6ClN3S/c12-9-8-3-5-16-11(8)15-10(14-9)7-2-1-4-13-6-7/h1-6H. The molecule has 3 heterocycles. The van der Waals surface area contributed by atoms with Crippen LogP contribution in [-0.4, -0.2) is 15.0 Å². The summed E-state index contributed by atoms with van der Waals surface area (Å²) < 4.78 is 0. The van der Waals surface area contributed by atoms with Crippen molar-refractivity contribution in [1.29, 1.82) is 0 Å². The topological polar surface area (TPSA) is 38.7 Å². The fourth-order valence-corrected chi connectivity index (χ4v) is 2.50. The van der Waals surface area contributed by atoms with Crippen LogP contribution >= 0.6 is 22.9 Å². The fraction of sp³-hybridized carbons (Fsp3) is 0. The fourth-order valence-electron chi connectivity index (χ4n) is 1.44. The van der Waals surface area contributed by atoms with E-state index in [1.54, 1.807) is 23.7 Å². The van der Waals surface area contributed by atoms with Gasteiger partial charge >= 0.3 is 0 Å². The van der Waals surface area contributed by atoms with Crippen molar-refractivity contribution in [2.75, 3.05) is 0 Å². The van der Waals surface area contributed by atoms with Gasteiger partial charge in [0, 0.05) is 23.3 Å². The smallest absolute Gasteiger partial charge is 0.164 e. The lowest BCUT2D eigenvalue weighted by Crippen LogP contribution is -1.89. The zero-order chi connectivity index (χ0) is 11.0. The van der Waals surface area contributed by atoms with E-state index in [1.165, 1.54) is 0 Å². The molecule has 3 aromatic heterocycles. The van der Waals surface area contributed by atoms with E-state index < -0.39 is 0 Å². The van der Waals surface area contributed by atoms with Crippen LogP contribution in [0.15, 0.2) is 36.0 Å².